The lowest BCUT2D eigenvalue weighted by atomic mass is 10.0. The summed E-state index contributed by atoms with van der Waals surface area (Å²) in [7, 11) is 0. The highest BCUT2D eigenvalue weighted by Crippen LogP contribution is 2.30. The van der Waals surface area contributed by atoms with Crippen molar-refractivity contribution >= 4 is 23.3 Å². The number of nitrogens with one attached hydrogen (secondary N) is 2. The molecule has 3 aromatic rings. The first-order valence-electron chi connectivity index (χ1n) is 9.02. The smallest absolute Gasteiger partial charge is 0.358 e. The van der Waals surface area contributed by atoms with Gasteiger partial charge >= 0.3 is 5.82 Å². The lowest BCUT2D eigenvalue weighted by Crippen LogP contribution is -2.32. The molecule has 1 aromatic carbocycles. The van der Waals surface area contributed by atoms with Crippen molar-refractivity contribution in [2.45, 2.75) is 6.42 Å². The van der Waals surface area contributed by atoms with E-state index in [-0.39, 0.29) is 23.2 Å². The molecule has 0 unspecified atom stereocenters. The van der Waals surface area contributed by atoms with Gasteiger partial charge in [-0.1, -0.05) is 12.6 Å². The number of hydrogen-bond donors (Lipinski definition) is 2. The molecule has 0 spiro atoms. The molecule has 2 amide bonds. The highest BCUT2D eigenvalue weighted by atomic mass is 16.6. The van der Waals surface area contributed by atoms with Crippen molar-refractivity contribution in [1.29, 1.82) is 0 Å². The fourth-order valence-corrected chi connectivity index (χ4v) is 3.17. The number of fused-ring (bicyclic) bond motifs is 1. The quantitative estimate of drug-likeness (QED) is 0.381. The number of hydrogen-bond acceptors (Lipinski definition) is 6. The third-order valence-electron chi connectivity index (χ3n) is 4.57. The predicted octanol–water partition coefficient (Wildman–Crippen LogP) is 2.25. The summed E-state index contributed by atoms with van der Waals surface area (Å²) in [5.41, 5.74) is 2.66. The summed E-state index contributed by atoms with van der Waals surface area (Å²) in [6.45, 7) is 3.87. The van der Waals surface area contributed by atoms with Gasteiger partial charge in [-0.2, -0.15) is 0 Å². The van der Waals surface area contributed by atoms with Gasteiger partial charge in [0.2, 0.25) is 5.91 Å². The first kappa shape index (κ1) is 19.0. The zero-order chi connectivity index (χ0) is 21.3. The maximum absolute atomic E-state index is 11.9. The number of rotatable bonds is 5. The van der Waals surface area contributed by atoms with Gasteiger partial charge in [0.15, 0.2) is 0 Å². The maximum Gasteiger partial charge on any atom is 0.399 e. The molecular formula is C20H16N6O4. The Morgan fingerprint density at radius 1 is 1.30 bits per heavy atom. The van der Waals surface area contributed by atoms with Crippen molar-refractivity contribution in [3.63, 3.8) is 0 Å². The molecule has 150 valence electrons. The first-order valence-corrected chi connectivity index (χ1v) is 9.02. The highest BCUT2D eigenvalue weighted by Gasteiger charge is 2.26. The molecule has 10 heteroatoms. The SMILES string of the molecule is C=CC(=O)Nc1cccc(-n2cc(-c3ccc4c(n3)CCNC4=O)c([N+](=O)[O-])n2)c1. The molecule has 0 atom stereocenters. The zero-order valence-electron chi connectivity index (χ0n) is 15.7. The van der Waals surface area contributed by atoms with Crippen LogP contribution in [0, 0.1) is 10.1 Å². The molecule has 30 heavy (non-hydrogen) atoms. The summed E-state index contributed by atoms with van der Waals surface area (Å²) in [5, 5.41) is 21.1. The predicted molar refractivity (Wildman–Crippen MR) is 108 cm³/mol. The summed E-state index contributed by atoms with van der Waals surface area (Å²) in [4.78, 5) is 38.9. The summed E-state index contributed by atoms with van der Waals surface area (Å²) in [5.74, 6) is -0.941. The Morgan fingerprint density at radius 2 is 2.13 bits per heavy atom. The van der Waals surface area contributed by atoms with Crippen LogP contribution in [-0.2, 0) is 11.2 Å². The minimum Gasteiger partial charge on any atom is -0.358 e. The third-order valence-corrected chi connectivity index (χ3v) is 4.57. The van der Waals surface area contributed by atoms with Crippen LogP contribution in [0.15, 0.2) is 55.3 Å². The summed E-state index contributed by atoms with van der Waals surface area (Å²) in [6, 6.07) is 9.88. The molecule has 4 rings (SSSR count). The van der Waals surface area contributed by atoms with E-state index in [0.717, 1.165) is 6.08 Å². The third kappa shape index (κ3) is 3.53. The van der Waals surface area contributed by atoms with Crippen molar-refractivity contribution in [3.8, 4) is 16.9 Å². The number of nitro groups is 1. The minimum absolute atomic E-state index is 0.209. The van der Waals surface area contributed by atoms with Gasteiger partial charge in [-0.05, 0) is 41.3 Å². The van der Waals surface area contributed by atoms with Crippen LogP contribution in [0.1, 0.15) is 16.1 Å². The normalized spacial score (nSPS) is 12.6. The van der Waals surface area contributed by atoms with Gasteiger partial charge in [0.05, 0.1) is 33.9 Å². The van der Waals surface area contributed by atoms with Crippen molar-refractivity contribution in [2.24, 2.45) is 0 Å². The largest absolute Gasteiger partial charge is 0.399 e. The molecule has 0 aliphatic carbocycles. The van der Waals surface area contributed by atoms with Gasteiger partial charge in [0, 0.05) is 18.7 Å². The number of pyridine rings is 1. The number of amides is 2. The van der Waals surface area contributed by atoms with Gasteiger partial charge in [-0.3, -0.25) is 14.6 Å². The fourth-order valence-electron chi connectivity index (χ4n) is 3.17. The van der Waals surface area contributed by atoms with E-state index < -0.39 is 4.92 Å². The minimum atomic E-state index is -0.580. The van der Waals surface area contributed by atoms with Crippen molar-refractivity contribution in [3.05, 3.63) is 76.6 Å². The molecule has 0 fully saturated rings. The van der Waals surface area contributed by atoms with Gasteiger partial charge in [-0.15, -0.1) is 4.68 Å². The van der Waals surface area contributed by atoms with Crippen LogP contribution >= 0.6 is 0 Å². The van der Waals surface area contributed by atoms with E-state index in [0.29, 0.717) is 41.3 Å². The van der Waals surface area contributed by atoms with Crippen LogP contribution in [-0.4, -0.2) is 38.0 Å². The van der Waals surface area contributed by atoms with Gasteiger partial charge in [0.25, 0.3) is 5.91 Å². The Labute approximate surface area is 170 Å². The molecule has 1 aliphatic rings. The molecular weight excluding hydrogens is 388 g/mol. The number of nitrogens with zero attached hydrogens (tertiary/aromatic N) is 4. The number of anilines is 1. The molecule has 10 nitrogen and oxygen atoms in total. The van der Waals surface area contributed by atoms with Gasteiger partial charge < -0.3 is 20.7 Å². The van der Waals surface area contributed by atoms with Crippen molar-refractivity contribution in [1.82, 2.24) is 20.1 Å². The van der Waals surface area contributed by atoms with Crippen LogP contribution < -0.4 is 10.6 Å². The number of benzene rings is 1. The second-order valence-corrected chi connectivity index (χ2v) is 6.51. The summed E-state index contributed by atoms with van der Waals surface area (Å²) < 4.78 is 1.35. The number of aromatic nitrogens is 3. The Hall–Kier alpha value is -4.34. The van der Waals surface area contributed by atoms with Crippen LogP contribution in [0.4, 0.5) is 11.5 Å². The second-order valence-electron chi connectivity index (χ2n) is 6.51. The average molecular weight is 404 g/mol. The molecule has 3 heterocycles. The Bertz CT molecular complexity index is 1200. The van der Waals surface area contributed by atoms with Crippen LogP contribution in [0.3, 0.4) is 0 Å². The van der Waals surface area contributed by atoms with Crippen LogP contribution in [0.25, 0.3) is 16.9 Å². The van der Waals surface area contributed by atoms with Gasteiger partial charge in [0.1, 0.15) is 5.56 Å². The topological polar surface area (TPSA) is 132 Å². The Kier molecular flexibility index (Phi) is 4.80. The van der Waals surface area contributed by atoms with E-state index in [1.807, 2.05) is 0 Å². The summed E-state index contributed by atoms with van der Waals surface area (Å²) in [6.07, 6.45) is 3.19. The van der Waals surface area contributed by atoms with Crippen molar-refractivity contribution < 1.29 is 14.5 Å². The zero-order valence-corrected chi connectivity index (χ0v) is 15.7. The molecule has 0 radical (unpaired) electrons. The fraction of sp³-hybridized carbons (Fsp3) is 0.100. The molecule has 2 aromatic heterocycles. The molecule has 0 bridgehead atoms. The highest BCUT2D eigenvalue weighted by molar-refractivity contribution is 5.99. The lowest BCUT2D eigenvalue weighted by Gasteiger charge is -2.15. The van der Waals surface area contributed by atoms with Crippen LogP contribution in [0.2, 0.25) is 0 Å². The summed E-state index contributed by atoms with van der Waals surface area (Å²) >= 11 is 0. The molecule has 2 N–H and O–H groups in total. The standard InChI is InChI=1S/C20H16N6O4/c1-2-18(27)22-12-4-3-5-13(10-12)25-11-15(19(24-25)26(29)30)16-7-6-14-17(23-16)8-9-21-20(14)28/h2-7,10-11H,1,8-9H2,(H,21,28)(H,22,27). The van der Waals surface area contributed by atoms with E-state index in [2.05, 4.69) is 27.3 Å². The van der Waals surface area contributed by atoms with Crippen molar-refractivity contribution in [2.75, 3.05) is 11.9 Å². The maximum atomic E-state index is 11.9. The van der Waals surface area contributed by atoms with E-state index >= 15 is 0 Å². The van der Waals surface area contributed by atoms with E-state index in [1.54, 1.807) is 36.4 Å². The second kappa shape index (κ2) is 7.59. The average Bonchev–Trinajstić information content (AvgIpc) is 3.20. The first-order chi connectivity index (χ1) is 14.5. The lowest BCUT2D eigenvalue weighted by molar-refractivity contribution is -0.389. The molecule has 1 aliphatic heterocycles. The number of carbonyl (C=O) groups is 2. The van der Waals surface area contributed by atoms with E-state index in [4.69, 9.17) is 0 Å². The van der Waals surface area contributed by atoms with E-state index in [1.165, 1.54) is 10.9 Å². The van der Waals surface area contributed by atoms with Gasteiger partial charge in [-0.25, -0.2) is 0 Å². The van der Waals surface area contributed by atoms with E-state index in [9.17, 15) is 19.7 Å². The molecule has 0 saturated carbocycles. The molecule has 0 saturated heterocycles. The Balaban J connectivity index is 1.76. The Morgan fingerprint density at radius 3 is 2.90 bits per heavy atom. The van der Waals surface area contributed by atoms with Crippen LogP contribution in [0.5, 0.6) is 0 Å². The number of carbonyl (C=O) groups excluding carboxylic acids is 2. The monoisotopic (exact) mass is 404 g/mol.